The molecule has 15 heavy (non-hydrogen) atoms. The third kappa shape index (κ3) is 1.68. The Kier molecular flexibility index (Phi) is 2.36. The first-order valence-corrected chi connectivity index (χ1v) is 4.87. The summed E-state index contributed by atoms with van der Waals surface area (Å²) in [5, 5.41) is 18.5. The Bertz CT molecular complexity index is 403. The van der Waals surface area contributed by atoms with Crippen LogP contribution >= 0.6 is 0 Å². The van der Waals surface area contributed by atoms with Crippen molar-refractivity contribution in [3.05, 3.63) is 29.3 Å². The first-order chi connectivity index (χ1) is 7.09. The minimum Gasteiger partial charge on any atom is -0.508 e. The highest BCUT2D eigenvalue weighted by atomic mass is 16.4. The maximum absolute atomic E-state index is 10.7. The second kappa shape index (κ2) is 3.55. The monoisotopic (exact) mass is 207 g/mol. The third-order valence-electron chi connectivity index (χ3n) is 2.91. The van der Waals surface area contributed by atoms with Crippen LogP contribution in [-0.2, 0) is 11.2 Å². The van der Waals surface area contributed by atoms with E-state index >= 15 is 0 Å². The van der Waals surface area contributed by atoms with Crippen LogP contribution in [0, 0.1) is 0 Å². The number of aliphatic carboxylic acids is 1. The van der Waals surface area contributed by atoms with Gasteiger partial charge in [0.2, 0.25) is 0 Å². The minimum atomic E-state index is -0.883. The summed E-state index contributed by atoms with van der Waals surface area (Å²) in [4.78, 5) is 10.7. The van der Waals surface area contributed by atoms with Gasteiger partial charge in [-0.15, -0.1) is 0 Å². The molecule has 0 bridgehead atoms. The molecule has 4 nitrogen and oxygen atoms in total. The number of carbonyl (C=O) groups is 1. The quantitative estimate of drug-likeness (QED) is 0.670. The van der Waals surface area contributed by atoms with E-state index in [1.165, 1.54) is 0 Å². The van der Waals surface area contributed by atoms with E-state index in [1.807, 2.05) is 6.07 Å². The molecule has 1 aromatic carbocycles. The van der Waals surface area contributed by atoms with Crippen LogP contribution in [0.4, 0.5) is 0 Å². The van der Waals surface area contributed by atoms with Crippen LogP contribution in [0.3, 0.4) is 0 Å². The lowest BCUT2D eigenvalue weighted by molar-refractivity contribution is -0.137. The highest BCUT2D eigenvalue weighted by molar-refractivity contribution is 5.69. The molecule has 0 spiro atoms. The highest BCUT2D eigenvalue weighted by Gasteiger charge is 2.33. The molecule has 1 aliphatic rings. The van der Waals surface area contributed by atoms with E-state index in [4.69, 9.17) is 10.8 Å². The third-order valence-corrected chi connectivity index (χ3v) is 2.91. The van der Waals surface area contributed by atoms with Gasteiger partial charge in [-0.3, -0.25) is 4.79 Å². The average molecular weight is 207 g/mol. The van der Waals surface area contributed by atoms with Crippen molar-refractivity contribution < 1.29 is 15.0 Å². The van der Waals surface area contributed by atoms with E-state index < -0.39 is 5.97 Å². The van der Waals surface area contributed by atoms with Crippen LogP contribution in [-0.4, -0.2) is 22.2 Å². The zero-order valence-corrected chi connectivity index (χ0v) is 8.18. The standard InChI is InChI=1S/C11H13NO3/c12-8-4-6-2-1-3-9(13)11(6)7(8)5-10(14)15/h1-3,7-8,13H,4-5,12H2,(H,14,15). The van der Waals surface area contributed by atoms with Gasteiger partial charge in [0.25, 0.3) is 0 Å². The fourth-order valence-electron chi connectivity index (χ4n) is 2.26. The van der Waals surface area contributed by atoms with Crippen LogP contribution in [0.25, 0.3) is 0 Å². The molecule has 4 N–H and O–H groups in total. The van der Waals surface area contributed by atoms with Gasteiger partial charge in [-0.25, -0.2) is 0 Å². The number of benzene rings is 1. The van der Waals surface area contributed by atoms with Crippen LogP contribution in [0.15, 0.2) is 18.2 Å². The molecule has 1 aliphatic carbocycles. The van der Waals surface area contributed by atoms with Gasteiger partial charge in [0.1, 0.15) is 5.75 Å². The maximum atomic E-state index is 10.7. The summed E-state index contributed by atoms with van der Waals surface area (Å²) < 4.78 is 0. The fraction of sp³-hybridized carbons (Fsp3) is 0.364. The molecule has 0 amide bonds. The van der Waals surface area contributed by atoms with Crippen LogP contribution < -0.4 is 5.73 Å². The lowest BCUT2D eigenvalue weighted by Crippen LogP contribution is -2.26. The predicted octanol–water partition coefficient (Wildman–Crippen LogP) is 0.834. The topological polar surface area (TPSA) is 83.5 Å². The number of phenolic OH excluding ortho intramolecular Hbond substituents is 1. The number of aromatic hydroxyl groups is 1. The Hall–Kier alpha value is -1.55. The van der Waals surface area contributed by atoms with Gasteiger partial charge in [0.15, 0.2) is 0 Å². The molecule has 80 valence electrons. The molecule has 4 heteroatoms. The first-order valence-electron chi connectivity index (χ1n) is 4.87. The van der Waals surface area contributed by atoms with Gasteiger partial charge >= 0.3 is 5.97 Å². The van der Waals surface area contributed by atoms with Crippen molar-refractivity contribution in [2.75, 3.05) is 0 Å². The van der Waals surface area contributed by atoms with E-state index in [1.54, 1.807) is 12.1 Å². The summed E-state index contributed by atoms with van der Waals surface area (Å²) in [6.45, 7) is 0. The molecule has 0 fully saturated rings. The lowest BCUT2D eigenvalue weighted by atomic mass is 9.94. The Morgan fingerprint density at radius 3 is 2.93 bits per heavy atom. The van der Waals surface area contributed by atoms with Crippen molar-refractivity contribution in [1.82, 2.24) is 0 Å². The molecule has 0 saturated heterocycles. The van der Waals surface area contributed by atoms with E-state index in [2.05, 4.69) is 0 Å². The smallest absolute Gasteiger partial charge is 0.304 e. The zero-order valence-electron chi connectivity index (χ0n) is 8.18. The zero-order chi connectivity index (χ0) is 11.0. The van der Waals surface area contributed by atoms with Crippen molar-refractivity contribution in [2.24, 2.45) is 5.73 Å². The van der Waals surface area contributed by atoms with E-state index in [0.29, 0.717) is 12.0 Å². The summed E-state index contributed by atoms with van der Waals surface area (Å²) in [6, 6.07) is 5.01. The number of hydrogen-bond acceptors (Lipinski definition) is 3. The van der Waals surface area contributed by atoms with E-state index in [-0.39, 0.29) is 24.1 Å². The molecular weight excluding hydrogens is 194 g/mol. The lowest BCUT2D eigenvalue weighted by Gasteiger charge is -2.14. The molecule has 1 aromatic rings. The summed E-state index contributed by atoms with van der Waals surface area (Å²) in [5.41, 5.74) is 7.55. The predicted molar refractivity (Wildman–Crippen MR) is 54.8 cm³/mol. The molecule has 0 aliphatic heterocycles. The van der Waals surface area contributed by atoms with Gasteiger partial charge in [-0.05, 0) is 18.1 Å². The summed E-state index contributed by atoms with van der Waals surface area (Å²) in [7, 11) is 0. The fourth-order valence-corrected chi connectivity index (χ4v) is 2.26. The van der Waals surface area contributed by atoms with Gasteiger partial charge in [-0.2, -0.15) is 0 Å². The number of nitrogens with two attached hydrogens (primary N) is 1. The van der Waals surface area contributed by atoms with Crippen molar-refractivity contribution >= 4 is 5.97 Å². The summed E-state index contributed by atoms with van der Waals surface area (Å²) >= 11 is 0. The average Bonchev–Trinajstić information content (AvgIpc) is 2.43. The number of phenols is 1. The molecular formula is C11H13NO3. The van der Waals surface area contributed by atoms with Crippen LogP contribution in [0.2, 0.25) is 0 Å². The second-order valence-corrected chi connectivity index (χ2v) is 3.92. The molecule has 2 atom stereocenters. The molecule has 0 heterocycles. The van der Waals surface area contributed by atoms with Gasteiger partial charge in [0, 0.05) is 17.5 Å². The summed E-state index contributed by atoms with van der Waals surface area (Å²) in [6.07, 6.45) is 0.618. The Morgan fingerprint density at radius 2 is 2.27 bits per heavy atom. The highest BCUT2D eigenvalue weighted by Crippen LogP contribution is 2.39. The van der Waals surface area contributed by atoms with Gasteiger partial charge < -0.3 is 15.9 Å². The molecule has 2 unspecified atom stereocenters. The number of rotatable bonds is 2. The van der Waals surface area contributed by atoms with Gasteiger partial charge in [0.05, 0.1) is 6.42 Å². The number of hydrogen-bond donors (Lipinski definition) is 3. The Labute approximate surface area is 87.3 Å². The SMILES string of the molecule is NC1Cc2cccc(O)c2C1CC(=O)O. The second-order valence-electron chi connectivity index (χ2n) is 3.92. The van der Waals surface area contributed by atoms with Crippen molar-refractivity contribution in [1.29, 1.82) is 0 Å². The normalized spacial score (nSPS) is 23.8. The Balaban J connectivity index is 2.39. The first kappa shape index (κ1) is 9.98. The number of fused-ring (bicyclic) bond motifs is 1. The summed E-state index contributed by atoms with van der Waals surface area (Å²) in [5.74, 6) is -0.989. The molecule has 0 saturated carbocycles. The van der Waals surface area contributed by atoms with Crippen molar-refractivity contribution in [2.45, 2.75) is 24.8 Å². The van der Waals surface area contributed by atoms with Crippen molar-refractivity contribution in [3.8, 4) is 5.75 Å². The van der Waals surface area contributed by atoms with Gasteiger partial charge in [-0.1, -0.05) is 12.1 Å². The molecule has 0 radical (unpaired) electrons. The number of carboxylic acids is 1. The minimum absolute atomic E-state index is 0.0221. The molecule has 0 aromatic heterocycles. The Morgan fingerprint density at radius 1 is 1.53 bits per heavy atom. The van der Waals surface area contributed by atoms with Crippen molar-refractivity contribution in [3.63, 3.8) is 0 Å². The van der Waals surface area contributed by atoms with Crippen LogP contribution in [0.5, 0.6) is 5.75 Å². The molecule has 2 rings (SSSR count). The maximum Gasteiger partial charge on any atom is 0.304 e. The van der Waals surface area contributed by atoms with Crippen LogP contribution in [0.1, 0.15) is 23.5 Å². The van der Waals surface area contributed by atoms with E-state index in [0.717, 1.165) is 5.56 Å². The van der Waals surface area contributed by atoms with E-state index in [9.17, 15) is 9.90 Å². The largest absolute Gasteiger partial charge is 0.508 e. The number of carboxylic acid groups (broad SMARTS) is 1.